The van der Waals surface area contributed by atoms with E-state index in [0.717, 1.165) is 25.2 Å². The van der Waals surface area contributed by atoms with Crippen molar-refractivity contribution in [3.63, 3.8) is 0 Å². The number of unbranched alkanes of at least 4 members (excludes halogenated alkanes) is 1. The number of nitrogen functional groups attached to an aromatic ring is 1. The molecule has 1 aromatic rings. The van der Waals surface area contributed by atoms with Gasteiger partial charge in [0.05, 0.1) is 5.69 Å². The van der Waals surface area contributed by atoms with Crippen molar-refractivity contribution in [2.75, 3.05) is 5.73 Å². The minimum atomic E-state index is 0.647. The summed E-state index contributed by atoms with van der Waals surface area (Å²) < 4.78 is 2.26. The molecule has 0 saturated heterocycles. The van der Waals surface area contributed by atoms with Crippen LogP contribution in [0, 0.1) is 0 Å². The van der Waals surface area contributed by atoms with Gasteiger partial charge in [0.25, 0.3) is 0 Å². The first-order valence-electron chi connectivity index (χ1n) is 7.12. The highest BCUT2D eigenvalue weighted by Crippen LogP contribution is 2.38. The molecule has 0 aliphatic heterocycles. The first-order chi connectivity index (χ1) is 8.27. The lowest BCUT2D eigenvalue weighted by molar-refractivity contribution is 0.413. The van der Waals surface area contributed by atoms with E-state index in [4.69, 9.17) is 10.7 Å². The minimum absolute atomic E-state index is 0.647. The normalized spacial score (nSPS) is 16.1. The second kappa shape index (κ2) is 5.56. The molecule has 1 heterocycles. The molecule has 0 spiro atoms. The maximum Gasteiger partial charge on any atom is 0.127 e. The smallest absolute Gasteiger partial charge is 0.127 e. The molecule has 96 valence electrons. The molecule has 3 nitrogen and oxygen atoms in total. The van der Waals surface area contributed by atoms with Crippen molar-refractivity contribution in [3.05, 3.63) is 11.5 Å². The van der Waals surface area contributed by atoms with Crippen molar-refractivity contribution >= 4 is 5.82 Å². The van der Waals surface area contributed by atoms with Crippen LogP contribution in [0.2, 0.25) is 0 Å². The van der Waals surface area contributed by atoms with Crippen LogP contribution in [0.1, 0.15) is 69.8 Å². The van der Waals surface area contributed by atoms with Crippen LogP contribution < -0.4 is 5.73 Å². The van der Waals surface area contributed by atoms with Crippen LogP contribution in [0.4, 0.5) is 5.82 Å². The Bertz CT molecular complexity index is 364. The van der Waals surface area contributed by atoms with Crippen molar-refractivity contribution in [2.45, 2.75) is 71.3 Å². The molecule has 0 aromatic carbocycles. The summed E-state index contributed by atoms with van der Waals surface area (Å²) in [6.45, 7) is 5.47. The molecule has 2 N–H and O–H groups in total. The van der Waals surface area contributed by atoms with Gasteiger partial charge in [-0.25, -0.2) is 4.98 Å². The van der Waals surface area contributed by atoms with Gasteiger partial charge in [0.1, 0.15) is 11.6 Å². The van der Waals surface area contributed by atoms with Crippen molar-refractivity contribution in [1.29, 1.82) is 0 Å². The van der Waals surface area contributed by atoms with Crippen LogP contribution in [0.3, 0.4) is 0 Å². The number of rotatable bonds is 6. The third-order valence-corrected chi connectivity index (χ3v) is 3.82. The molecule has 1 aromatic heterocycles. The predicted molar refractivity (Wildman–Crippen MR) is 72.1 cm³/mol. The monoisotopic (exact) mass is 235 g/mol. The maximum atomic E-state index is 6.29. The zero-order valence-electron chi connectivity index (χ0n) is 11.2. The second-order valence-electron chi connectivity index (χ2n) is 5.18. The van der Waals surface area contributed by atoms with E-state index in [2.05, 4.69) is 18.4 Å². The number of anilines is 1. The van der Waals surface area contributed by atoms with Gasteiger partial charge >= 0.3 is 0 Å². The molecular formula is C14H25N3. The Hall–Kier alpha value is -0.990. The average molecular weight is 235 g/mol. The molecule has 0 bridgehead atoms. The fourth-order valence-electron chi connectivity index (χ4n) is 2.50. The second-order valence-corrected chi connectivity index (χ2v) is 5.18. The van der Waals surface area contributed by atoms with E-state index in [0.29, 0.717) is 5.92 Å². The van der Waals surface area contributed by atoms with Gasteiger partial charge in [-0.2, -0.15) is 0 Å². The van der Waals surface area contributed by atoms with E-state index in [1.165, 1.54) is 43.6 Å². The fourth-order valence-corrected chi connectivity index (χ4v) is 2.50. The van der Waals surface area contributed by atoms with E-state index >= 15 is 0 Å². The zero-order chi connectivity index (χ0) is 12.3. The lowest BCUT2D eigenvalue weighted by Gasteiger charge is -2.24. The van der Waals surface area contributed by atoms with Crippen molar-refractivity contribution in [2.24, 2.45) is 0 Å². The highest BCUT2D eigenvalue weighted by atomic mass is 15.1. The molecule has 1 aliphatic rings. The van der Waals surface area contributed by atoms with Gasteiger partial charge in [0.2, 0.25) is 0 Å². The Morgan fingerprint density at radius 2 is 2.06 bits per heavy atom. The Kier molecular flexibility index (Phi) is 4.08. The Morgan fingerprint density at radius 1 is 1.29 bits per heavy atom. The van der Waals surface area contributed by atoms with Gasteiger partial charge in [0.15, 0.2) is 0 Å². The van der Waals surface area contributed by atoms with Crippen LogP contribution in [0.25, 0.3) is 0 Å². The Balaban J connectivity index is 2.22. The van der Waals surface area contributed by atoms with Gasteiger partial charge in [-0.05, 0) is 25.7 Å². The van der Waals surface area contributed by atoms with Crippen LogP contribution in [0.5, 0.6) is 0 Å². The van der Waals surface area contributed by atoms with E-state index in [9.17, 15) is 0 Å². The number of nitrogens with two attached hydrogens (primary N) is 1. The first kappa shape index (κ1) is 12.5. The third kappa shape index (κ3) is 2.48. The van der Waals surface area contributed by atoms with E-state index in [1.807, 2.05) is 0 Å². The summed E-state index contributed by atoms with van der Waals surface area (Å²) in [5.41, 5.74) is 7.48. The van der Waals surface area contributed by atoms with Crippen molar-refractivity contribution in [3.8, 4) is 0 Å². The van der Waals surface area contributed by atoms with Crippen LogP contribution >= 0.6 is 0 Å². The summed E-state index contributed by atoms with van der Waals surface area (Å²) in [4.78, 5) is 4.81. The molecular weight excluding hydrogens is 210 g/mol. The number of hydrogen-bond donors (Lipinski definition) is 1. The third-order valence-electron chi connectivity index (χ3n) is 3.82. The lowest BCUT2D eigenvalue weighted by atomic mass is 9.83. The molecule has 0 unspecified atom stereocenters. The Labute approximate surface area is 104 Å². The number of hydrogen-bond acceptors (Lipinski definition) is 2. The number of aryl methyl sites for hydroxylation is 1. The molecule has 3 heteroatoms. The lowest BCUT2D eigenvalue weighted by Crippen LogP contribution is -2.12. The maximum absolute atomic E-state index is 6.29. The van der Waals surface area contributed by atoms with Gasteiger partial charge < -0.3 is 10.3 Å². The van der Waals surface area contributed by atoms with Gasteiger partial charge in [-0.3, -0.25) is 0 Å². The number of imidazole rings is 1. The molecule has 1 saturated carbocycles. The molecule has 0 radical (unpaired) electrons. The summed E-state index contributed by atoms with van der Waals surface area (Å²) in [5.74, 6) is 2.81. The summed E-state index contributed by atoms with van der Waals surface area (Å²) in [6.07, 6.45) is 8.51. The van der Waals surface area contributed by atoms with E-state index in [-0.39, 0.29) is 0 Å². The summed E-state index contributed by atoms with van der Waals surface area (Å²) in [5, 5.41) is 0. The van der Waals surface area contributed by atoms with E-state index in [1.54, 1.807) is 0 Å². The largest absolute Gasteiger partial charge is 0.384 e. The number of nitrogens with zero attached hydrogens (tertiary/aromatic N) is 2. The van der Waals surface area contributed by atoms with Gasteiger partial charge in [-0.15, -0.1) is 0 Å². The predicted octanol–water partition coefficient (Wildman–Crippen LogP) is 3.49. The van der Waals surface area contributed by atoms with Gasteiger partial charge in [-0.1, -0.05) is 26.7 Å². The molecule has 17 heavy (non-hydrogen) atoms. The average Bonchev–Trinajstić information content (AvgIpc) is 2.52. The van der Waals surface area contributed by atoms with Crippen LogP contribution in [-0.4, -0.2) is 9.55 Å². The topological polar surface area (TPSA) is 43.8 Å². The number of aromatic nitrogens is 2. The van der Waals surface area contributed by atoms with Crippen LogP contribution in [-0.2, 0) is 13.0 Å². The quantitative estimate of drug-likeness (QED) is 0.820. The minimum Gasteiger partial charge on any atom is -0.384 e. The molecule has 1 aliphatic carbocycles. The Morgan fingerprint density at radius 3 is 2.59 bits per heavy atom. The van der Waals surface area contributed by atoms with Crippen molar-refractivity contribution in [1.82, 2.24) is 9.55 Å². The fraction of sp³-hybridized carbons (Fsp3) is 0.786. The highest BCUT2D eigenvalue weighted by Gasteiger charge is 2.26. The van der Waals surface area contributed by atoms with Crippen LogP contribution in [0.15, 0.2) is 0 Å². The summed E-state index contributed by atoms with van der Waals surface area (Å²) in [6, 6.07) is 0. The summed E-state index contributed by atoms with van der Waals surface area (Å²) in [7, 11) is 0. The molecule has 2 rings (SSSR count). The first-order valence-corrected chi connectivity index (χ1v) is 7.12. The molecule has 0 amide bonds. The molecule has 1 fully saturated rings. The zero-order valence-corrected chi connectivity index (χ0v) is 11.2. The molecule has 0 atom stereocenters. The van der Waals surface area contributed by atoms with E-state index < -0.39 is 0 Å². The van der Waals surface area contributed by atoms with Crippen molar-refractivity contribution < 1.29 is 0 Å². The highest BCUT2D eigenvalue weighted by molar-refractivity contribution is 5.41. The SMILES string of the molecule is CCCCn1c(CCC)nc(C2CCC2)c1N. The standard InChI is InChI=1S/C14H25N3/c1-3-5-10-17-12(7-4-2)16-13(14(17)15)11-8-6-9-11/h11H,3-10,15H2,1-2H3. The summed E-state index contributed by atoms with van der Waals surface area (Å²) >= 11 is 0. The van der Waals surface area contributed by atoms with Gasteiger partial charge in [0, 0.05) is 18.9 Å².